The number of halogens is 1. The number of hydrogen-bond donors (Lipinski definition) is 1. The molecular weight excluding hydrogens is 300 g/mol. The van der Waals surface area contributed by atoms with Crippen molar-refractivity contribution >= 4 is 15.9 Å². The summed E-state index contributed by atoms with van der Waals surface area (Å²) in [4.78, 5) is 0. The highest BCUT2D eigenvalue weighted by Gasteiger charge is 2.28. The molecule has 19 heavy (non-hydrogen) atoms. The Kier molecular flexibility index (Phi) is 3.91. The lowest BCUT2D eigenvalue weighted by atomic mass is 9.86. The van der Waals surface area contributed by atoms with E-state index < -0.39 is 0 Å². The summed E-state index contributed by atoms with van der Waals surface area (Å²) >= 11 is 3.54. The van der Waals surface area contributed by atoms with Gasteiger partial charge in [0.25, 0.3) is 0 Å². The number of nitriles is 1. The van der Waals surface area contributed by atoms with Gasteiger partial charge in [-0.3, -0.25) is 0 Å². The van der Waals surface area contributed by atoms with Gasteiger partial charge in [0.1, 0.15) is 0 Å². The van der Waals surface area contributed by atoms with Crippen molar-refractivity contribution < 1.29 is 0 Å². The molecule has 1 fully saturated rings. The number of nitrogens with zero attached hydrogens (tertiary/aromatic N) is 1. The van der Waals surface area contributed by atoms with Crippen molar-refractivity contribution in [2.24, 2.45) is 5.92 Å². The van der Waals surface area contributed by atoms with E-state index in [0.717, 1.165) is 12.8 Å². The maximum Gasteiger partial charge on any atom is 0.0656 e. The largest absolute Gasteiger partial charge is 0.307 e. The third-order valence-corrected chi connectivity index (χ3v) is 4.97. The standard InChI is InChI=1S/C16H19BrN2/c17-13-5-6-15-12(9-13)4-7-16(15)19-14-3-1-2-11(8-14)10-18/h5-6,9,11,14,16,19H,1-4,7-8H2/t11-,14-,16+/m1/s1. The number of hydrogen-bond acceptors (Lipinski definition) is 2. The fourth-order valence-electron chi connectivity index (χ4n) is 3.50. The zero-order chi connectivity index (χ0) is 13.2. The average Bonchev–Trinajstić information content (AvgIpc) is 2.81. The number of benzene rings is 1. The van der Waals surface area contributed by atoms with Gasteiger partial charge in [-0.2, -0.15) is 5.26 Å². The molecule has 2 aliphatic carbocycles. The van der Waals surface area contributed by atoms with Crippen molar-refractivity contribution in [3.05, 3.63) is 33.8 Å². The molecular formula is C16H19BrN2. The highest BCUT2D eigenvalue weighted by molar-refractivity contribution is 9.10. The quantitative estimate of drug-likeness (QED) is 0.890. The SMILES string of the molecule is N#C[C@@H]1CCC[C@@H](N[C@H]2CCc3cc(Br)ccc32)C1. The third-order valence-electron chi connectivity index (χ3n) is 4.48. The molecule has 3 rings (SSSR count). The first-order valence-electron chi connectivity index (χ1n) is 7.20. The molecule has 1 aromatic rings. The van der Waals surface area contributed by atoms with E-state index in [2.05, 4.69) is 45.5 Å². The Bertz CT molecular complexity index is 506. The summed E-state index contributed by atoms with van der Waals surface area (Å²) in [6.45, 7) is 0. The number of fused-ring (bicyclic) bond motifs is 1. The van der Waals surface area contributed by atoms with Crippen molar-refractivity contribution in [3.63, 3.8) is 0 Å². The Balaban J connectivity index is 1.68. The molecule has 0 aliphatic heterocycles. The maximum atomic E-state index is 9.07. The zero-order valence-electron chi connectivity index (χ0n) is 11.0. The number of nitrogens with one attached hydrogen (secondary N) is 1. The molecule has 1 N–H and O–H groups in total. The summed E-state index contributed by atoms with van der Waals surface area (Å²) in [5.41, 5.74) is 2.93. The number of aryl methyl sites for hydroxylation is 1. The highest BCUT2D eigenvalue weighted by Crippen LogP contribution is 2.35. The summed E-state index contributed by atoms with van der Waals surface area (Å²) in [5.74, 6) is 0.261. The average molecular weight is 319 g/mol. The molecule has 0 aromatic heterocycles. The smallest absolute Gasteiger partial charge is 0.0656 e. The Morgan fingerprint density at radius 2 is 2.16 bits per heavy atom. The van der Waals surface area contributed by atoms with Gasteiger partial charge in [-0.05, 0) is 55.4 Å². The second kappa shape index (κ2) is 5.64. The van der Waals surface area contributed by atoms with Gasteiger partial charge in [-0.1, -0.05) is 28.4 Å². The molecule has 0 heterocycles. The van der Waals surface area contributed by atoms with Gasteiger partial charge < -0.3 is 5.32 Å². The van der Waals surface area contributed by atoms with E-state index in [9.17, 15) is 0 Å². The van der Waals surface area contributed by atoms with E-state index >= 15 is 0 Å². The first-order chi connectivity index (χ1) is 9.26. The Hall–Kier alpha value is -0.850. The highest BCUT2D eigenvalue weighted by atomic mass is 79.9. The van der Waals surface area contributed by atoms with Gasteiger partial charge in [-0.15, -0.1) is 0 Å². The van der Waals surface area contributed by atoms with Crippen LogP contribution in [0.5, 0.6) is 0 Å². The van der Waals surface area contributed by atoms with E-state index in [1.807, 2.05) is 0 Å². The molecule has 0 bridgehead atoms. The second-order valence-corrected chi connectivity index (χ2v) is 6.71. The molecule has 100 valence electrons. The van der Waals surface area contributed by atoms with E-state index in [1.54, 1.807) is 0 Å². The van der Waals surface area contributed by atoms with E-state index in [1.165, 1.54) is 41.3 Å². The van der Waals surface area contributed by atoms with Crippen LogP contribution in [0.15, 0.2) is 22.7 Å². The van der Waals surface area contributed by atoms with Crippen LogP contribution in [-0.2, 0) is 6.42 Å². The summed E-state index contributed by atoms with van der Waals surface area (Å²) in [7, 11) is 0. The summed E-state index contributed by atoms with van der Waals surface area (Å²) < 4.78 is 1.18. The van der Waals surface area contributed by atoms with Crippen molar-refractivity contribution in [2.75, 3.05) is 0 Å². The van der Waals surface area contributed by atoms with Crippen molar-refractivity contribution in [2.45, 2.75) is 50.6 Å². The lowest BCUT2D eigenvalue weighted by Crippen LogP contribution is -2.35. The zero-order valence-corrected chi connectivity index (χ0v) is 12.6. The number of rotatable bonds is 2. The van der Waals surface area contributed by atoms with Crippen LogP contribution in [-0.4, -0.2) is 6.04 Å². The monoisotopic (exact) mass is 318 g/mol. The molecule has 2 nitrogen and oxygen atoms in total. The molecule has 3 atom stereocenters. The maximum absolute atomic E-state index is 9.07. The molecule has 0 spiro atoms. The van der Waals surface area contributed by atoms with E-state index in [4.69, 9.17) is 5.26 Å². The van der Waals surface area contributed by atoms with Crippen LogP contribution in [0.1, 0.15) is 49.3 Å². The molecule has 0 radical (unpaired) electrons. The first-order valence-corrected chi connectivity index (χ1v) is 7.99. The Labute approximate surface area is 123 Å². The second-order valence-electron chi connectivity index (χ2n) is 5.79. The lowest BCUT2D eigenvalue weighted by molar-refractivity contribution is 0.301. The predicted molar refractivity (Wildman–Crippen MR) is 79.7 cm³/mol. The summed E-state index contributed by atoms with van der Waals surface area (Å²) in [5, 5.41) is 12.9. The summed E-state index contributed by atoms with van der Waals surface area (Å²) in [6, 6.07) is 10.1. The van der Waals surface area contributed by atoms with Crippen LogP contribution in [0.25, 0.3) is 0 Å². The Morgan fingerprint density at radius 1 is 1.26 bits per heavy atom. The van der Waals surface area contributed by atoms with Crippen LogP contribution >= 0.6 is 15.9 Å². The van der Waals surface area contributed by atoms with Crippen molar-refractivity contribution in [1.82, 2.24) is 5.32 Å². The van der Waals surface area contributed by atoms with Crippen LogP contribution in [0.2, 0.25) is 0 Å². The van der Waals surface area contributed by atoms with Crippen LogP contribution in [0.3, 0.4) is 0 Å². The molecule has 0 saturated heterocycles. The van der Waals surface area contributed by atoms with Crippen molar-refractivity contribution in [1.29, 1.82) is 5.26 Å². The minimum Gasteiger partial charge on any atom is -0.307 e. The minimum absolute atomic E-state index is 0.261. The van der Waals surface area contributed by atoms with Gasteiger partial charge in [0.2, 0.25) is 0 Å². The van der Waals surface area contributed by atoms with Gasteiger partial charge in [0, 0.05) is 22.5 Å². The molecule has 2 aliphatic rings. The third kappa shape index (κ3) is 2.85. The molecule has 0 amide bonds. The van der Waals surface area contributed by atoms with Crippen LogP contribution < -0.4 is 5.32 Å². The molecule has 1 saturated carbocycles. The van der Waals surface area contributed by atoms with Crippen LogP contribution in [0, 0.1) is 17.2 Å². The molecule has 0 unspecified atom stereocenters. The van der Waals surface area contributed by atoms with Gasteiger partial charge in [0.05, 0.1) is 6.07 Å². The fourth-order valence-corrected chi connectivity index (χ4v) is 3.91. The van der Waals surface area contributed by atoms with E-state index in [0.29, 0.717) is 12.1 Å². The van der Waals surface area contributed by atoms with Gasteiger partial charge >= 0.3 is 0 Å². The van der Waals surface area contributed by atoms with Crippen LogP contribution in [0.4, 0.5) is 0 Å². The van der Waals surface area contributed by atoms with Gasteiger partial charge in [-0.25, -0.2) is 0 Å². The minimum atomic E-state index is 0.261. The fraction of sp³-hybridized carbons (Fsp3) is 0.562. The molecule has 3 heteroatoms. The topological polar surface area (TPSA) is 35.8 Å². The lowest BCUT2D eigenvalue weighted by Gasteiger charge is -2.29. The normalized spacial score (nSPS) is 29.8. The predicted octanol–water partition coefficient (Wildman–Crippen LogP) is 4.11. The first kappa shape index (κ1) is 13.1. The molecule has 1 aromatic carbocycles. The van der Waals surface area contributed by atoms with E-state index in [-0.39, 0.29) is 5.92 Å². The summed E-state index contributed by atoms with van der Waals surface area (Å²) in [6.07, 6.45) is 6.89. The van der Waals surface area contributed by atoms with Crippen molar-refractivity contribution in [3.8, 4) is 6.07 Å². The van der Waals surface area contributed by atoms with Gasteiger partial charge in [0.15, 0.2) is 0 Å². The Morgan fingerprint density at radius 3 is 3.00 bits per heavy atom.